The molecule has 1 aromatic rings. The third-order valence-corrected chi connectivity index (χ3v) is 6.53. The Kier molecular flexibility index (Phi) is 4.19. The summed E-state index contributed by atoms with van der Waals surface area (Å²) in [7, 11) is -3.08. The maximum Gasteiger partial charge on any atom is 0.155 e. The van der Waals surface area contributed by atoms with Crippen LogP contribution < -0.4 is 16.0 Å². The predicted octanol–water partition coefficient (Wildman–Crippen LogP) is 1.70. The van der Waals surface area contributed by atoms with Crippen LogP contribution >= 0.6 is 0 Å². The number of ether oxygens (including phenoxy) is 1. The molecule has 2 aliphatic rings. The molecule has 1 heterocycles. The van der Waals surface area contributed by atoms with Gasteiger partial charge in [-0.05, 0) is 43.4 Å². The van der Waals surface area contributed by atoms with Crippen LogP contribution in [0.3, 0.4) is 0 Å². The molecule has 0 spiro atoms. The highest BCUT2D eigenvalue weighted by Crippen LogP contribution is 2.32. The van der Waals surface area contributed by atoms with Crippen molar-refractivity contribution in [3.8, 4) is 5.75 Å². The Hall–Kier alpha value is -1.11. The van der Waals surface area contributed by atoms with Gasteiger partial charge in [0.25, 0.3) is 0 Å². The zero-order valence-electron chi connectivity index (χ0n) is 12.0. The largest absolute Gasteiger partial charge is 0.490 e. The molecular weight excluding hydrogens is 288 g/mol. The third-order valence-electron chi connectivity index (χ3n) is 4.25. The first-order valence-electron chi connectivity index (χ1n) is 7.54. The number of hydrogen-bond donors (Lipinski definition) is 2. The number of nitrogens with one attached hydrogen (secondary N) is 1. The van der Waals surface area contributed by atoms with Gasteiger partial charge < -0.3 is 4.74 Å². The second-order valence-corrected chi connectivity index (χ2v) is 8.27. The van der Waals surface area contributed by atoms with Gasteiger partial charge >= 0.3 is 0 Å². The van der Waals surface area contributed by atoms with Gasteiger partial charge in [-0.15, -0.1) is 0 Å². The van der Waals surface area contributed by atoms with Gasteiger partial charge in [0, 0.05) is 0 Å². The predicted molar refractivity (Wildman–Crippen MR) is 81.6 cm³/mol. The summed E-state index contributed by atoms with van der Waals surface area (Å²) in [5.41, 5.74) is 3.60. The molecule has 1 aliphatic heterocycles. The summed E-state index contributed by atoms with van der Waals surface area (Å²) >= 11 is 0. The van der Waals surface area contributed by atoms with E-state index in [4.69, 9.17) is 10.6 Å². The molecule has 0 amide bonds. The first-order chi connectivity index (χ1) is 10.1. The number of rotatable bonds is 5. The van der Waals surface area contributed by atoms with E-state index in [0.717, 1.165) is 37.0 Å². The van der Waals surface area contributed by atoms with E-state index in [1.54, 1.807) is 0 Å². The van der Waals surface area contributed by atoms with Crippen molar-refractivity contribution in [1.29, 1.82) is 0 Å². The highest BCUT2D eigenvalue weighted by molar-refractivity contribution is 7.92. The monoisotopic (exact) mass is 310 g/mol. The Balaban J connectivity index is 1.78. The highest BCUT2D eigenvalue weighted by atomic mass is 32.2. The fourth-order valence-electron chi connectivity index (χ4n) is 2.90. The molecule has 1 aliphatic carbocycles. The van der Waals surface area contributed by atoms with Crippen molar-refractivity contribution in [3.63, 3.8) is 0 Å². The van der Waals surface area contributed by atoms with E-state index in [9.17, 15) is 8.42 Å². The Morgan fingerprint density at radius 3 is 2.43 bits per heavy atom. The van der Waals surface area contributed by atoms with Crippen LogP contribution in [0.2, 0.25) is 0 Å². The molecule has 0 radical (unpaired) electrons. The van der Waals surface area contributed by atoms with Gasteiger partial charge in [0.05, 0.1) is 23.1 Å². The first kappa shape index (κ1) is 14.8. The van der Waals surface area contributed by atoms with Crippen LogP contribution in [0.25, 0.3) is 0 Å². The lowest BCUT2D eigenvalue weighted by Crippen LogP contribution is -2.43. The molecule has 6 heteroatoms. The van der Waals surface area contributed by atoms with E-state index < -0.39 is 15.1 Å². The van der Waals surface area contributed by atoms with Crippen molar-refractivity contribution in [2.75, 3.05) is 5.75 Å². The van der Waals surface area contributed by atoms with Crippen LogP contribution in [0, 0.1) is 0 Å². The van der Waals surface area contributed by atoms with Crippen molar-refractivity contribution < 1.29 is 13.2 Å². The summed E-state index contributed by atoms with van der Waals surface area (Å²) in [6, 6.07) is 7.25. The van der Waals surface area contributed by atoms with E-state index in [0.29, 0.717) is 12.5 Å². The minimum Gasteiger partial charge on any atom is -0.490 e. The molecule has 2 atom stereocenters. The van der Waals surface area contributed by atoms with Crippen LogP contribution in [-0.2, 0) is 9.84 Å². The fraction of sp³-hybridized carbons (Fsp3) is 0.600. The third kappa shape index (κ3) is 3.39. The van der Waals surface area contributed by atoms with Crippen LogP contribution in [-0.4, -0.2) is 25.5 Å². The number of benzene rings is 1. The molecule has 21 heavy (non-hydrogen) atoms. The molecule has 2 fully saturated rings. The Morgan fingerprint density at radius 1 is 1.14 bits per heavy atom. The second kappa shape index (κ2) is 5.94. The van der Waals surface area contributed by atoms with E-state index in [-0.39, 0.29) is 11.8 Å². The van der Waals surface area contributed by atoms with Crippen LogP contribution in [0.4, 0.5) is 0 Å². The van der Waals surface area contributed by atoms with Crippen LogP contribution in [0.15, 0.2) is 24.3 Å². The summed E-state index contributed by atoms with van der Waals surface area (Å²) in [5.74, 6) is 6.74. The summed E-state index contributed by atoms with van der Waals surface area (Å²) in [6.07, 6.45) is 4.95. The van der Waals surface area contributed by atoms with Gasteiger partial charge in [-0.25, -0.2) is 8.42 Å². The number of hydrazine groups is 1. The molecule has 3 N–H and O–H groups in total. The lowest BCUT2D eigenvalue weighted by Gasteiger charge is -2.30. The van der Waals surface area contributed by atoms with Crippen molar-refractivity contribution in [2.24, 2.45) is 5.84 Å². The fourth-order valence-corrected chi connectivity index (χ4v) is 4.99. The van der Waals surface area contributed by atoms with E-state index >= 15 is 0 Å². The molecule has 2 unspecified atom stereocenters. The molecule has 1 aromatic carbocycles. The van der Waals surface area contributed by atoms with E-state index in [2.05, 4.69) is 5.43 Å². The molecule has 1 saturated heterocycles. The summed E-state index contributed by atoms with van der Waals surface area (Å²) in [4.78, 5) is 0. The van der Waals surface area contributed by atoms with Crippen molar-refractivity contribution in [1.82, 2.24) is 5.43 Å². The number of hydrogen-bond acceptors (Lipinski definition) is 5. The average Bonchev–Trinajstić information content (AvgIpc) is 3.27. The first-order valence-corrected chi connectivity index (χ1v) is 9.26. The summed E-state index contributed by atoms with van der Waals surface area (Å²) in [5, 5.41) is -0.438. The average molecular weight is 310 g/mol. The second-order valence-electron chi connectivity index (χ2n) is 5.93. The Labute approximate surface area is 125 Å². The van der Waals surface area contributed by atoms with Crippen molar-refractivity contribution >= 4 is 9.84 Å². The molecule has 3 rings (SSSR count). The van der Waals surface area contributed by atoms with Gasteiger partial charge in [0.2, 0.25) is 0 Å². The lowest BCUT2D eigenvalue weighted by atomic mass is 10.00. The minimum absolute atomic E-state index is 0.263. The standard InChI is InChI=1S/C15H22N2O3S/c16-17-15(14-3-1-2-10-21(14,18)19)11-4-6-12(7-5-11)20-13-8-9-13/h4-7,13-15,17H,1-3,8-10,16H2. The normalized spacial score (nSPS) is 26.2. The maximum absolute atomic E-state index is 12.3. The number of sulfone groups is 1. The zero-order chi connectivity index (χ0) is 14.9. The van der Waals surface area contributed by atoms with Crippen molar-refractivity contribution in [2.45, 2.75) is 49.5 Å². The molecule has 0 bridgehead atoms. The molecule has 1 saturated carbocycles. The molecule has 5 nitrogen and oxygen atoms in total. The molecular formula is C15H22N2O3S. The zero-order valence-corrected chi connectivity index (χ0v) is 12.8. The topological polar surface area (TPSA) is 81.4 Å². The summed E-state index contributed by atoms with van der Waals surface area (Å²) < 4.78 is 30.2. The minimum atomic E-state index is -3.08. The van der Waals surface area contributed by atoms with Gasteiger partial charge in [0.15, 0.2) is 9.84 Å². The Bertz CT molecular complexity index is 581. The Morgan fingerprint density at radius 2 is 1.86 bits per heavy atom. The lowest BCUT2D eigenvalue weighted by molar-refractivity contribution is 0.303. The van der Waals surface area contributed by atoms with Gasteiger partial charge in [0.1, 0.15) is 5.75 Å². The quantitative estimate of drug-likeness (QED) is 0.639. The maximum atomic E-state index is 12.3. The number of nitrogens with two attached hydrogens (primary N) is 1. The molecule has 116 valence electrons. The molecule has 0 aromatic heterocycles. The van der Waals surface area contributed by atoms with Gasteiger partial charge in [-0.2, -0.15) is 0 Å². The van der Waals surface area contributed by atoms with Crippen molar-refractivity contribution in [3.05, 3.63) is 29.8 Å². The SMILES string of the molecule is NNC(c1ccc(OC2CC2)cc1)C1CCCCS1(=O)=O. The summed E-state index contributed by atoms with van der Waals surface area (Å²) in [6.45, 7) is 0. The van der Waals surface area contributed by atoms with E-state index in [1.807, 2.05) is 24.3 Å². The van der Waals surface area contributed by atoms with Gasteiger partial charge in [-0.1, -0.05) is 18.6 Å². The highest BCUT2D eigenvalue weighted by Gasteiger charge is 2.36. The van der Waals surface area contributed by atoms with Crippen LogP contribution in [0.1, 0.15) is 43.7 Å². The van der Waals surface area contributed by atoms with Gasteiger partial charge in [-0.3, -0.25) is 11.3 Å². The smallest absolute Gasteiger partial charge is 0.155 e. The van der Waals surface area contributed by atoms with Crippen LogP contribution in [0.5, 0.6) is 5.75 Å². The van der Waals surface area contributed by atoms with E-state index in [1.165, 1.54) is 0 Å².